The highest BCUT2D eigenvalue weighted by atomic mass is 14.8. The van der Waals surface area contributed by atoms with Crippen LogP contribution in [0.25, 0.3) is 53.3 Å². The van der Waals surface area contributed by atoms with Crippen molar-refractivity contribution in [3.8, 4) is 0 Å². The lowest BCUT2D eigenvalue weighted by Gasteiger charge is -2.10. The molecular weight excluding hydrogens is 320 g/mol. The Morgan fingerprint density at radius 2 is 0.962 bits per heavy atom. The molecule has 4 aromatic carbocycles. The number of fused-ring (bicyclic) bond motifs is 7. The van der Waals surface area contributed by atoms with E-state index in [1.807, 2.05) is 36.4 Å². The van der Waals surface area contributed by atoms with Crippen molar-refractivity contribution in [2.45, 2.75) is 0 Å². The van der Waals surface area contributed by atoms with E-state index in [0.717, 1.165) is 32.6 Å². The molecule has 1 aromatic heterocycles. The first-order chi connectivity index (χ1) is 12.8. The van der Waals surface area contributed by atoms with Crippen molar-refractivity contribution in [2.24, 2.45) is 0 Å². The van der Waals surface area contributed by atoms with Crippen molar-refractivity contribution in [1.82, 2.24) is 9.97 Å². The SMILES string of the molecule is [C-]#[N+]c1cc2nc3c4ccccc4c4ccccc4c3nc2cc1[N+]#[C-]. The molecule has 0 amide bonds. The molecule has 5 aromatic rings. The summed E-state index contributed by atoms with van der Waals surface area (Å²) in [6.45, 7) is 14.6. The maximum atomic E-state index is 7.30. The van der Waals surface area contributed by atoms with Gasteiger partial charge in [-0.25, -0.2) is 9.97 Å². The molecule has 0 N–H and O–H groups in total. The van der Waals surface area contributed by atoms with Crippen LogP contribution in [0.4, 0.5) is 11.4 Å². The fourth-order valence-electron chi connectivity index (χ4n) is 3.48. The summed E-state index contributed by atoms with van der Waals surface area (Å²) in [5.74, 6) is 0. The number of aromatic nitrogens is 2. The van der Waals surface area contributed by atoms with E-state index in [2.05, 4.69) is 21.8 Å². The zero-order chi connectivity index (χ0) is 17.7. The van der Waals surface area contributed by atoms with Crippen molar-refractivity contribution < 1.29 is 0 Å². The molecule has 5 rings (SSSR count). The largest absolute Gasteiger partial charge is 0.250 e. The Hall–Kier alpha value is -4.02. The predicted molar refractivity (Wildman–Crippen MR) is 105 cm³/mol. The van der Waals surface area contributed by atoms with Crippen molar-refractivity contribution in [2.75, 3.05) is 0 Å². The van der Waals surface area contributed by atoms with Crippen LogP contribution in [0.5, 0.6) is 0 Å². The number of hydrogen-bond acceptors (Lipinski definition) is 2. The number of rotatable bonds is 0. The molecule has 0 spiro atoms. The topological polar surface area (TPSA) is 34.5 Å². The Balaban J connectivity index is 2.07. The molecule has 4 heteroatoms. The molecule has 0 aliphatic rings. The van der Waals surface area contributed by atoms with Crippen LogP contribution in [-0.4, -0.2) is 9.97 Å². The zero-order valence-electron chi connectivity index (χ0n) is 13.6. The third kappa shape index (κ3) is 1.87. The van der Waals surface area contributed by atoms with Crippen LogP contribution in [0.2, 0.25) is 0 Å². The summed E-state index contributed by atoms with van der Waals surface area (Å²) < 4.78 is 0. The van der Waals surface area contributed by atoms with Gasteiger partial charge in [-0.1, -0.05) is 48.5 Å². The molecule has 26 heavy (non-hydrogen) atoms. The lowest BCUT2D eigenvalue weighted by Crippen LogP contribution is -1.91. The van der Waals surface area contributed by atoms with Gasteiger partial charge in [-0.3, -0.25) is 9.69 Å². The van der Waals surface area contributed by atoms with Gasteiger partial charge in [0.2, 0.25) is 0 Å². The van der Waals surface area contributed by atoms with Crippen LogP contribution in [0.15, 0.2) is 60.7 Å². The lowest BCUT2D eigenvalue weighted by molar-refractivity contribution is 1.42. The highest BCUT2D eigenvalue weighted by Gasteiger charge is 2.13. The number of nitrogens with zero attached hydrogens (tertiary/aromatic N) is 4. The van der Waals surface area contributed by atoms with Gasteiger partial charge in [0.15, 0.2) is 11.4 Å². The van der Waals surface area contributed by atoms with E-state index in [9.17, 15) is 0 Å². The number of benzene rings is 4. The summed E-state index contributed by atoms with van der Waals surface area (Å²) in [5, 5.41) is 4.34. The fourth-order valence-corrected chi connectivity index (χ4v) is 3.48. The van der Waals surface area contributed by atoms with E-state index < -0.39 is 0 Å². The summed E-state index contributed by atoms with van der Waals surface area (Å²) >= 11 is 0. The van der Waals surface area contributed by atoms with E-state index >= 15 is 0 Å². The molecule has 0 atom stereocenters. The summed E-state index contributed by atoms with van der Waals surface area (Å²) in [7, 11) is 0. The fraction of sp³-hybridized carbons (Fsp3) is 0. The van der Waals surface area contributed by atoms with Crippen LogP contribution in [-0.2, 0) is 0 Å². The van der Waals surface area contributed by atoms with Crippen LogP contribution in [0.1, 0.15) is 0 Å². The summed E-state index contributed by atoms with van der Waals surface area (Å²) in [6, 6.07) is 19.6. The standard InChI is InChI=1S/C22H10N4/c1-23-17-11-19-20(12-18(17)24-2)26-22-16-10-6-4-8-14(16)13-7-3-5-9-15(13)21(22)25-19/h3-12H. The van der Waals surface area contributed by atoms with Crippen molar-refractivity contribution in [3.63, 3.8) is 0 Å². The maximum Gasteiger partial charge on any atom is 0.196 e. The highest BCUT2D eigenvalue weighted by molar-refractivity contribution is 6.23. The molecule has 0 saturated heterocycles. The van der Waals surface area contributed by atoms with Gasteiger partial charge < -0.3 is 0 Å². The highest BCUT2D eigenvalue weighted by Crippen LogP contribution is 2.36. The van der Waals surface area contributed by atoms with E-state index in [4.69, 9.17) is 23.1 Å². The Kier molecular flexibility index (Phi) is 2.89. The van der Waals surface area contributed by atoms with Crippen molar-refractivity contribution in [3.05, 3.63) is 83.5 Å². The molecule has 0 fully saturated rings. The van der Waals surface area contributed by atoms with Gasteiger partial charge in [0.25, 0.3) is 0 Å². The molecule has 0 bridgehead atoms. The number of hydrogen-bond donors (Lipinski definition) is 0. The van der Waals surface area contributed by atoms with Gasteiger partial charge in [0.05, 0.1) is 35.2 Å². The smallest absolute Gasteiger partial charge is 0.196 e. The van der Waals surface area contributed by atoms with Crippen LogP contribution in [0, 0.1) is 13.1 Å². The van der Waals surface area contributed by atoms with E-state index in [1.54, 1.807) is 12.1 Å². The average molecular weight is 330 g/mol. The van der Waals surface area contributed by atoms with Gasteiger partial charge in [-0.05, 0) is 22.9 Å². The second-order valence-electron chi connectivity index (χ2n) is 6.07. The molecule has 118 valence electrons. The minimum atomic E-state index is 0.311. The molecule has 0 aliphatic heterocycles. The van der Waals surface area contributed by atoms with E-state index in [0.29, 0.717) is 22.4 Å². The van der Waals surface area contributed by atoms with Gasteiger partial charge in [-0.15, -0.1) is 0 Å². The minimum Gasteiger partial charge on any atom is -0.250 e. The van der Waals surface area contributed by atoms with Gasteiger partial charge in [-0.2, -0.15) is 0 Å². The van der Waals surface area contributed by atoms with Crippen LogP contribution < -0.4 is 0 Å². The Morgan fingerprint density at radius 3 is 1.35 bits per heavy atom. The first-order valence-electron chi connectivity index (χ1n) is 8.10. The van der Waals surface area contributed by atoms with Gasteiger partial charge >= 0.3 is 0 Å². The van der Waals surface area contributed by atoms with Gasteiger partial charge in [0.1, 0.15) is 0 Å². The molecular formula is C22H10N4. The molecule has 0 unspecified atom stereocenters. The third-order valence-corrected chi connectivity index (χ3v) is 4.66. The van der Waals surface area contributed by atoms with Crippen molar-refractivity contribution >= 4 is 55.0 Å². The van der Waals surface area contributed by atoms with E-state index in [1.165, 1.54) is 0 Å². The molecule has 0 saturated carbocycles. The second kappa shape index (κ2) is 5.24. The quantitative estimate of drug-likeness (QED) is 0.193. The van der Waals surface area contributed by atoms with E-state index in [-0.39, 0.29) is 0 Å². The maximum absolute atomic E-state index is 7.30. The first-order valence-corrected chi connectivity index (χ1v) is 8.10. The summed E-state index contributed by atoms with van der Waals surface area (Å²) in [4.78, 5) is 16.6. The van der Waals surface area contributed by atoms with Crippen molar-refractivity contribution in [1.29, 1.82) is 0 Å². The molecule has 0 radical (unpaired) electrons. The third-order valence-electron chi connectivity index (χ3n) is 4.66. The molecule has 1 heterocycles. The predicted octanol–water partition coefficient (Wildman–Crippen LogP) is 6.19. The molecule has 4 nitrogen and oxygen atoms in total. The lowest BCUT2D eigenvalue weighted by atomic mass is 9.99. The zero-order valence-corrected chi connectivity index (χ0v) is 13.6. The summed E-state index contributed by atoms with van der Waals surface area (Å²) in [5.41, 5.74) is 3.53. The summed E-state index contributed by atoms with van der Waals surface area (Å²) in [6.07, 6.45) is 0. The monoisotopic (exact) mass is 330 g/mol. The Morgan fingerprint density at radius 1 is 0.577 bits per heavy atom. The Bertz CT molecular complexity index is 1340. The normalized spacial score (nSPS) is 11.0. The average Bonchev–Trinajstić information content (AvgIpc) is 2.71. The van der Waals surface area contributed by atoms with Gasteiger partial charge in [0, 0.05) is 10.8 Å². The minimum absolute atomic E-state index is 0.311. The molecule has 0 aliphatic carbocycles. The Labute approximate surface area is 149 Å². The van der Waals surface area contributed by atoms with Crippen LogP contribution in [0.3, 0.4) is 0 Å². The second-order valence-corrected chi connectivity index (χ2v) is 6.07. The first kappa shape index (κ1) is 14.3. The van der Waals surface area contributed by atoms with Crippen LogP contribution >= 0.6 is 0 Å².